The number of ketones is 1. The molecular weight excluding hydrogens is 764 g/mol. The van der Waals surface area contributed by atoms with Crippen LogP contribution in [-0.2, 0) is 23.8 Å². The fourth-order valence-corrected chi connectivity index (χ4v) is 7.92. The Balaban J connectivity index is 1.70. The van der Waals surface area contributed by atoms with Crippen molar-refractivity contribution in [2.24, 2.45) is 28.8 Å². The van der Waals surface area contributed by atoms with E-state index in [1.54, 1.807) is 44.9 Å². The number of hydrazone groups is 1. The molecule has 8 unspecified atom stereocenters. The maximum atomic E-state index is 14.4. The van der Waals surface area contributed by atoms with E-state index in [1.807, 2.05) is 7.05 Å². The number of phenols is 3. The van der Waals surface area contributed by atoms with Crippen molar-refractivity contribution < 1.29 is 58.9 Å². The number of anilines is 1. The van der Waals surface area contributed by atoms with Crippen LogP contribution in [0.5, 0.6) is 23.0 Å². The van der Waals surface area contributed by atoms with Crippen molar-refractivity contribution in [1.82, 2.24) is 9.91 Å². The number of esters is 1. The number of benzene rings is 2. The molecule has 4 aliphatic heterocycles. The predicted octanol–water partition coefficient (Wildman–Crippen LogP) is 4.34. The Bertz CT molecular complexity index is 2070. The highest BCUT2D eigenvalue weighted by Crippen LogP contribution is 2.55. The largest absolute Gasteiger partial charge is 0.507 e. The van der Waals surface area contributed by atoms with Crippen LogP contribution in [0.25, 0.3) is 10.8 Å². The van der Waals surface area contributed by atoms with Gasteiger partial charge in [-0.2, -0.15) is 5.10 Å². The second kappa shape index (κ2) is 18.0. The second-order valence-corrected chi connectivity index (χ2v) is 16.1. The summed E-state index contributed by atoms with van der Waals surface area (Å²) in [7, 11) is 3.42. The zero-order chi connectivity index (χ0) is 43.7. The van der Waals surface area contributed by atoms with Crippen LogP contribution >= 0.6 is 0 Å². The Morgan fingerprint density at radius 1 is 0.949 bits per heavy atom. The van der Waals surface area contributed by atoms with E-state index in [-0.39, 0.29) is 44.5 Å². The van der Waals surface area contributed by atoms with Crippen LogP contribution < -0.4 is 10.1 Å². The van der Waals surface area contributed by atoms with Crippen molar-refractivity contribution in [3.63, 3.8) is 0 Å². The van der Waals surface area contributed by atoms with Crippen molar-refractivity contribution in [3.05, 3.63) is 52.8 Å². The molecule has 0 saturated carbocycles. The van der Waals surface area contributed by atoms with E-state index in [9.17, 15) is 39.9 Å². The van der Waals surface area contributed by atoms with E-state index in [4.69, 9.17) is 18.9 Å². The lowest BCUT2D eigenvalue weighted by molar-refractivity contribution is -0.160. The van der Waals surface area contributed by atoms with Crippen molar-refractivity contribution in [1.29, 1.82) is 0 Å². The average Bonchev–Trinajstić information content (AvgIpc) is 3.46. The fraction of sp³-hybridized carbons (Fsp3) is 0.535. The smallest absolute Gasteiger partial charge is 0.312 e. The van der Waals surface area contributed by atoms with Gasteiger partial charge in [-0.25, -0.2) is 0 Å². The third-order valence-corrected chi connectivity index (χ3v) is 11.9. The number of carbonyl (C=O) groups excluding carboxylic acids is 3. The lowest BCUT2D eigenvalue weighted by atomic mass is 9.78. The number of hydrogen-bond donors (Lipinski definition) is 6. The second-order valence-electron chi connectivity index (χ2n) is 16.1. The molecule has 1 fully saturated rings. The SMILES string of the molecule is COC1/C=C/O[C@@]2(C)Oc3c(C)c(O)c4c(O)c(c(/C=N/N5CCN(C)CC5)c(O)c4c3C2=O)NC(=O)/C(C)=C\C=C\C(C)C(O)C(C)C(O)C(C)C(OC(C)=O)C1C. The molecule has 0 radical (unpaired) electrons. The molecule has 6 N–H and O–H groups in total. The van der Waals surface area contributed by atoms with Gasteiger partial charge in [-0.05, 0) is 27.0 Å². The van der Waals surface area contributed by atoms with Gasteiger partial charge in [0.05, 0.1) is 53.0 Å². The summed E-state index contributed by atoms with van der Waals surface area (Å²) in [6.07, 6.45) is 4.86. The van der Waals surface area contributed by atoms with E-state index in [0.717, 1.165) is 13.1 Å². The standard InChI is InChI=1S/C43H58N4O12/c1-21-12-11-13-22(2)42(55)45-33-28(20-44-47-17-15-46(9)16-18-47)37(52)30-31(38(33)53)36(51)26(6)40-32(30)41(54)43(8,59-40)57-19-14-29(56-10)23(3)39(58-27(7)48)25(5)35(50)24(4)34(21)49/h11-14,19-21,23-25,29,34-35,39,49-53H,15-18H2,1-10H3,(H,45,55)/b12-11+,19-14+,22-13-,44-20+/t21?,23?,24?,25?,29?,34?,35?,39?,43-/m0/s1. The van der Waals surface area contributed by atoms with E-state index in [1.165, 1.54) is 59.4 Å². The number of aliphatic hydroxyl groups is 2. The van der Waals surface area contributed by atoms with Crippen LogP contribution in [0.2, 0.25) is 0 Å². The fourth-order valence-electron chi connectivity index (χ4n) is 7.92. The van der Waals surface area contributed by atoms with E-state index in [0.29, 0.717) is 13.1 Å². The van der Waals surface area contributed by atoms with Crippen LogP contribution in [0.3, 0.4) is 0 Å². The Morgan fingerprint density at radius 2 is 1.61 bits per heavy atom. The number of Topliss-reactive ketones (excluding diaryl/α,β-unsaturated/α-hetero) is 1. The Kier molecular flexibility index (Phi) is 13.7. The van der Waals surface area contributed by atoms with Gasteiger partial charge in [0.1, 0.15) is 23.4 Å². The van der Waals surface area contributed by atoms with Crippen LogP contribution in [-0.4, -0.2) is 130 Å². The first kappa shape index (κ1) is 44.9. The summed E-state index contributed by atoms with van der Waals surface area (Å²) in [5.41, 5.74) is -0.350. The Morgan fingerprint density at radius 3 is 2.24 bits per heavy atom. The molecule has 0 spiro atoms. The maximum Gasteiger partial charge on any atom is 0.312 e. The number of carbonyl (C=O) groups is 3. The number of aliphatic hydroxyl groups excluding tert-OH is 2. The quantitative estimate of drug-likeness (QED) is 0.109. The van der Waals surface area contributed by atoms with E-state index >= 15 is 0 Å². The van der Waals surface area contributed by atoms with Gasteiger partial charge in [0.2, 0.25) is 0 Å². The summed E-state index contributed by atoms with van der Waals surface area (Å²) in [4.78, 5) is 42.6. The summed E-state index contributed by atoms with van der Waals surface area (Å²) in [5, 5.41) is 66.8. The zero-order valence-corrected chi connectivity index (χ0v) is 35.3. The van der Waals surface area contributed by atoms with Crippen molar-refractivity contribution >= 4 is 40.3 Å². The molecule has 6 rings (SSSR count). The molecule has 322 valence electrons. The molecule has 4 heterocycles. The number of nitrogens with one attached hydrogen (secondary N) is 1. The van der Waals surface area contributed by atoms with Gasteiger partial charge < -0.3 is 54.7 Å². The molecule has 0 aromatic heterocycles. The first-order valence-corrected chi connectivity index (χ1v) is 19.8. The van der Waals surface area contributed by atoms with Crippen LogP contribution in [0, 0.1) is 30.6 Å². The predicted molar refractivity (Wildman–Crippen MR) is 220 cm³/mol. The molecule has 2 aromatic carbocycles. The van der Waals surface area contributed by atoms with E-state index in [2.05, 4.69) is 15.3 Å². The number of likely N-dealkylation sites (N-methyl/N-ethyl adjacent to an activating group) is 1. The van der Waals surface area contributed by atoms with Gasteiger partial charge >= 0.3 is 11.8 Å². The molecule has 9 atom stereocenters. The average molecular weight is 823 g/mol. The molecule has 59 heavy (non-hydrogen) atoms. The number of hydrogen-bond acceptors (Lipinski definition) is 15. The summed E-state index contributed by atoms with van der Waals surface area (Å²) in [5.74, 6) is -8.34. The Labute approximate surface area is 344 Å². The summed E-state index contributed by atoms with van der Waals surface area (Å²) in [6.45, 7) is 15.1. The minimum atomic E-state index is -2.04. The van der Waals surface area contributed by atoms with Crippen molar-refractivity contribution in [2.75, 3.05) is 45.7 Å². The van der Waals surface area contributed by atoms with Crippen molar-refractivity contribution in [3.8, 4) is 23.0 Å². The maximum absolute atomic E-state index is 14.4. The minimum Gasteiger partial charge on any atom is -0.507 e. The number of fused-ring (bicyclic) bond motifs is 14. The molecule has 16 heteroatoms. The molecule has 0 aliphatic carbocycles. The zero-order valence-electron chi connectivity index (χ0n) is 35.3. The highest BCUT2D eigenvalue weighted by molar-refractivity contribution is 6.23. The molecule has 4 aliphatic rings. The van der Waals surface area contributed by atoms with Crippen LogP contribution in [0.15, 0.2) is 41.2 Å². The van der Waals surface area contributed by atoms with Gasteiger partial charge in [0, 0.05) is 87.3 Å². The van der Waals surface area contributed by atoms with Gasteiger partial charge in [-0.3, -0.25) is 19.4 Å². The normalized spacial score (nSPS) is 32.1. The van der Waals surface area contributed by atoms with E-state index < -0.39 is 88.8 Å². The number of rotatable bonds is 4. The van der Waals surface area contributed by atoms with Gasteiger partial charge in [0.25, 0.3) is 11.7 Å². The summed E-state index contributed by atoms with van der Waals surface area (Å²) < 4.78 is 23.6. The number of allylic oxidation sites excluding steroid dienone is 2. The number of amides is 1. The lowest BCUT2D eigenvalue weighted by Crippen LogP contribution is -2.46. The molecule has 2 aromatic rings. The number of piperazine rings is 1. The molecule has 1 amide bonds. The third-order valence-electron chi connectivity index (χ3n) is 11.9. The number of ether oxygens (including phenoxy) is 4. The number of nitrogens with zero attached hydrogens (tertiary/aromatic N) is 3. The number of aromatic hydroxyl groups is 3. The first-order valence-electron chi connectivity index (χ1n) is 19.8. The van der Waals surface area contributed by atoms with Crippen molar-refractivity contribution in [2.45, 2.75) is 85.6 Å². The number of methoxy groups -OCH3 is 1. The molecular formula is C43H58N4O12. The molecule has 1 saturated heterocycles. The minimum absolute atomic E-state index is 0.0559. The molecule has 5 bridgehead atoms. The summed E-state index contributed by atoms with van der Waals surface area (Å²) >= 11 is 0. The third kappa shape index (κ3) is 8.91. The lowest BCUT2D eigenvalue weighted by Gasteiger charge is -2.38. The van der Waals surface area contributed by atoms with Crippen LogP contribution in [0.1, 0.15) is 70.0 Å². The van der Waals surface area contributed by atoms with Gasteiger partial charge in [-0.15, -0.1) is 0 Å². The number of phenolic OH excluding ortho intramolecular Hbond substituents is 3. The highest BCUT2D eigenvalue weighted by atomic mass is 16.7. The monoisotopic (exact) mass is 822 g/mol. The van der Waals surface area contributed by atoms with Gasteiger partial charge in [0.15, 0.2) is 5.75 Å². The molecule has 16 nitrogen and oxygen atoms in total. The first-order chi connectivity index (χ1) is 27.7. The van der Waals surface area contributed by atoms with Crippen LogP contribution in [0.4, 0.5) is 5.69 Å². The Hall–Kier alpha value is -5.16. The summed E-state index contributed by atoms with van der Waals surface area (Å²) in [6, 6.07) is 0. The highest BCUT2D eigenvalue weighted by Gasteiger charge is 2.50. The topological polar surface area (TPSA) is 220 Å². The van der Waals surface area contributed by atoms with Gasteiger partial charge in [-0.1, -0.05) is 45.9 Å².